The van der Waals surface area contributed by atoms with Crippen molar-refractivity contribution < 1.29 is 4.74 Å². The highest BCUT2D eigenvalue weighted by Gasteiger charge is 2.08. The van der Waals surface area contributed by atoms with Crippen molar-refractivity contribution in [3.05, 3.63) is 35.9 Å². The molecule has 0 saturated carbocycles. The molecule has 0 aliphatic heterocycles. The van der Waals surface area contributed by atoms with Crippen LogP contribution in [0.1, 0.15) is 32.8 Å². The van der Waals surface area contributed by atoms with Crippen molar-refractivity contribution in [3.63, 3.8) is 0 Å². The van der Waals surface area contributed by atoms with Crippen LogP contribution in [0.5, 0.6) is 0 Å². The Balaban J connectivity index is 1.95. The molecule has 0 fully saturated rings. The minimum Gasteiger partial charge on any atom is -0.375 e. The van der Waals surface area contributed by atoms with Gasteiger partial charge in [0.15, 0.2) is 0 Å². The lowest BCUT2D eigenvalue weighted by Gasteiger charge is -2.18. The first-order chi connectivity index (χ1) is 8.08. The molecule has 1 N–H and O–H groups in total. The van der Waals surface area contributed by atoms with E-state index in [9.17, 15) is 0 Å². The third-order valence-corrected chi connectivity index (χ3v) is 2.59. The first-order valence-corrected chi connectivity index (χ1v) is 6.40. The summed E-state index contributed by atoms with van der Waals surface area (Å²) in [5.74, 6) is 0. The Morgan fingerprint density at radius 1 is 1.06 bits per heavy atom. The molecule has 0 aromatic heterocycles. The van der Waals surface area contributed by atoms with Gasteiger partial charge >= 0.3 is 0 Å². The topological polar surface area (TPSA) is 21.3 Å². The summed E-state index contributed by atoms with van der Waals surface area (Å²) in [7, 11) is 0. The number of nitrogens with one attached hydrogen (secondary N) is 1. The molecule has 17 heavy (non-hydrogen) atoms. The van der Waals surface area contributed by atoms with Gasteiger partial charge in [-0.25, -0.2) is 0 Å². The number of rotatable bonds is 7. The highest BCUT2D eigenvalue weighted by Crippen LogP contribution is 2.16. The van der Waals surface area contributed by atoms with Gasteiger partial charge in [0.25, 0.3) is 0 Å². The maximum absolute atomic E-state index is 5.59. The summed E-state index contributed by atoms with van der Waals surface area (Å²) in [5.41, 5.74) is 1.65. The summed E-state index contributed by atoms with van der Waals surface area (Å²) in [5, 5.41) is 3.40. The van der Waals surface area contributed by atoms with E-state index in [-0.39, 0.29) is 0 Å². The van der Waals surface area contributed by atoms with Crippen LogP contribution in [0.4, 0.5) is 0 Å². The maximum Gasteiger partial charge on any atom is 0.0717 e. The predicted molar refractivity (Wildman–Crippen MR) is 73.0 cm³/mol. The van der Waals surface area contributed by atoms with E-state index in [1.807, 2.05) is 18.2 Å². The van der Waals surface area contributed by atoms with Crippen molar-refractivity contribution in [1.82, 2.24) is 5.32 Å². The highest BCUT2D eigenvalue weighted by atomic mass is 16.5. The van der Waals surface area contributed by atoms with Crippen LogP contribution in [0, 0.1) is 5.41 Å². The Bertz CT molecular complexity index is 290. The fourth-order valence-corrected chi connectivity index (χ4v) is 1.50. The summed E-state index contributed by atoms with van der Waals surface area (Å²) in [4.78, 5) is 0. The van der Waals surface area contributed by atoms with E-state index < -0.39 is 0 Å². The molecule has 0 spiro atoms. The molecule has 0 amide bonds. The summed E-state index contributed by atoms with van der Waals surface area (Å²) in [6, 6.07) is 10.3. The van der Waals surface area contributed by atoms with Gasteiger partial charge in [-0.2, -0.15) is 0 Å². The minimum absolute atomic E-state index is 0.415. The van der Waals surface area contributed by atoms with Crippen molar-refractivity contribution in [1.29, 1.82) is 0 Å². The number of hydrogen-bond acceptors (Lipinski definition) is 2. The molecule has 0 radical (unpaired) electrons. The van der Waals surface area contributed by atoms with Gasteiger partial charge in [0.1, 0.15) is 0 Å². The van der Waals surface area contributed by atoms with E-state index in [4.69, 9.17) is 4.74 Å². The minimum atomic E-state index is 0.415. The van der Waals surface area contributed by atoms with Crippen LogP contribution >= 0.6 is 0 Å². The van der Waals surface area contributed by atoms with E-state index in [0.29, 0.717) is 12.0 Å². The van der Waals surface area contributed by atoms with Gasteiger partial charge in [-0.1, -0.05) is 51.1 Å². The largest absolute Gasteiger partial charge is 0.375 e. The molecule has 96 valence electrons. The van der Waals surface area contributed by atoms with Crippen LogP contribution in [0.15, 0.2) is 30.3 Å². The fraction of sp³-hybridized carbons (Fsp3) is 0.600. The summed E-state index contributed by atoms with van der Waals surface area (Å²) >= 11 is 0. The lowest BCUT2D eigenvalue weighted by Crippen LogP contribution is -2.24. The zero-order valence-corrected chi connectivity index (χ0v) is 11.3. The number of ether oxygens (including phenoxy) is 1. The Kier molecular flexibility index (Phi) is 6.23. The molecule has 0 aliphatic carbocycles. The predicted octanol–water partition coefficient (Wildman–Crippen LogP) is 3.23. The van der Waals surface area contributed by atoms with Crippen LogP contribution in [-0.2, 0) is 11.3 Å². The van der Waals surface area contributed by atoms with E-state index in [0.717, 1.165) is 19.7 Å². The van der Waals surface area contributed by atoms with Gasteiger partial charge in [0.2, 0.25) is 0 Å². The molecule has 0 saturated heterocycles. The van der Waals surface area contributed by atoms with Crippen molar-refractivity contribution in [3.8, 4) is 0 Å². The quantitative estimate of drug-likeness (QED) is 0.733. The molecule has 0 bridgehead atoms. The third kappa shape index (κ3) is 7.94. The lowest BCUT2D eigenvalue weighted by molar-refractivity contribution is 0.122. The average Bonchev–Trinajstić information content (AvgIpc) is 2.28. The third-order valence-electron chi connectivity index (χ3n) is 2.59. The summed E-state index contributed by atoms with van der Waals surface area (Å²) in [6.07, 6.45) is 1.20. The van der Waals surface area contributed by atoms with Crippen molar-refractivity contribution in [2.45, 2.75) is 33.8 Å². The second-order valence-corrected chi connectivity index (χ2v) is 5.60. The number of hydrogen-bond donors (Lipinski definition) is 1. The zero-order valence-electron chi connectivity index (χ0n) is 11.3. The molecule has 2 heteroatoms. The van der Waals surface area contributed by atoms with E-state index in [1.165, 1.54) is 12.0 Å². The SMILES string of the molecule is CC(C)(C)CCNCCOCc1ccccc1. The standard InChI is InChI=1S/C15H25NO/c1-15(2,3)9-10-16-11-12-17-13-14-7-5-4-6-8-14/h4-8,16H,9-13H2,1-3H3. The van der Waals surface area contributed by atoms with Crippen LogP contribution < -0.4 is 5.32 Å². The van der Waals surface area contributed by atoms with Crippen molar-refractivity contribution in [2.24, 2.45) is 5.41 Å². The van der Waals surface area contributed by atoms with Gasteiger partial charge in [0.05, 0.1) is 13.2 Å². The first-order valence-electron chi connectivity index (χ1n) is 6.40. The van der Waals surface area contributed by atoms with Crippen LogP contribution in [0.3, 0.4) is 0 Å². The molecule has 0 unspecified atom stereocenters. The Labute approximate surface area is 105 Å². The fourth-order valence-electron chi connectivity index (χ4n) is 1.50. The second kappa shape index (κ2) is 7.46. The molecule has 0 atom stereocenters. The molecule has 2 nitrogen and oxygen atoms in total. The van der Waals surface area contributed by atoms with Gasteiger partial charge in [-0.05, 0) is 23.9 Å². The first kappa shape index (κ1) is 14.2. The second-order valence-electron chi connectivity index (χ2n) is 5.60. The average molecular weight is 235 g/mol. The smallest absolute Gasteiger partial charge is 0.0717 e. The summed E-state index contributed by atoms with van der Waals surface area (Å²) < 4.78 is 5.59. The Morgan fingerprint density at radius 3 is 2.41 bits per heavy atom. The molecule has 0 aliphatic rings. The molecule has 1 aromatic carbocycles. The van der Waals surface area contributed by atoms with Crippen molar-refractivity contribution >= 4 is 0 Å². The van der Waals surface area contributed by atoms with Crippen LogP contribution in [0.25, 0.3) is 0 Å². The zero-order chi connectivity index (χ0) is 12.6. The molecule has 1 rings (SSSR count). The molecule has 0 heterocycles. The van der Waals surface area contributed by atoms with Crippen molar-refractivity contribution in [2.75, 3.05) is 19.7 Å². The number of benzene rings is 1. The normalized spacial score (nSPS) is 11.7. The van der Waals surface area contributed by atoms with Gasteiger partial charge in [-0.15, -0.1) is 0 Å². The maximum atomic E-state index is 5.59. The molecular formula is C15H25NO. The van der Waals surface area contributed by atoms with E-state index in [1.54, 1.807) is 0 Å². The highest BCUT2D eigenvalue weighted by molar-refractivity contribution is 5.13. The summed E-state index contributed by atoms with van der Waals surface area (Å²) in [6.45, 7) is 10.3. The Hall–Kier alpha value is -0.860. The molecular weight excluding hydrogens is 210 g/mol. The lowest BCUT2D eigenvalue weighted by atomic mass is 9.92. The Morgan fingerprint density at radius 2 is 1.76 bits per heavy atom. The molecule has 1 aromatic rings. The monoisotopic (exact) mass is 235 g/mol. The van der Waals surface area contributed by atoms with E-state index >= 15 is 0 Å². The van der Waals surface area contributed by atoms with Gasteiger partial charge in [0, 0.05) is 6.54 Å². The van der Waals surface area contributed by atoms with Gasteiger partial charge in [-0.3, -0.25) is 0 Å². The van der Waals surface area contributed by atoms with Gasteiger partial charge < -0.3 is 10.1 Å². The van der Waals surface area contributed by atoms with E-state index in [2.05, 4.69) is 38.2 Å². The van der Waals surface area contributed by atoms with Crippen LogP contribution in [0.2, 0.25) is 0 Å². The van der Waals surface area contributed by atoms with Crippen LogP contribution in [-0.4, -0.2) is 19.7 Å².